The van der Waals surface area contributed by atoms with Crippen LogP contribution in [-0.4, -0.2) is 30.0 Å². The third-order valence-electron chi connectivity index (χ3n) is 3.98. The number of carbonyl (C=O) groups excluding carboxylic acids is 2. The van der Waals surface area contributed by atoms with Crippen LogP contribution in [0.1, 0.15) is 24.2 Å². The normalized spacial score (nSPS) is 12.4. The maximum atomic E-state index is 13.0. The molecule has 0 saturated carbocycles. The molecular weight excluding hydrogens is 380 g/mol. The van der Waals surface area contributed by atoms with Gasteiger partial charge in [-0.3, -0.25) is 9.59 Å². The minimum Gasteiger partial charge on any atom is -0.387 e. The van der Waals surface area contributed by atoms with Crippen molar-refractivity contribution in [2.45, 2.75) is 19.2 Å². The predicted octanol–water partition coefficient (Wildman–Crippen LogP) is 3.05. The van der Waals surface area contributed by atoms with Crippen LogP contribution in [0.15, 0.2) is 48.5 Å². The van der Waals surface area contributed by atoms with Crippen molar-refractivity contribution in [3.63, 3.8) is 0 Å². The summed E-state index contributed by atoms with van der Waals surface area (Å²) in [5.41, 5.74) is -1.15. The van der Waals surface area contributed by atoms with Crippen molar-refractivity contribution >= 4 is 17.5 Å². The van der Waals surface area contributed by atoms with Crippen molar-refractivity contribution in [3.05, 3.63) is 65.5 Å². The highest BCUT2D eigenvalue weighted by molar-refractivity contribution is 6.40. The summed E-state index contributed by atoms with van der Waals surface area (Å²) in [6.07, 6.45) is -6.32. The summed E-state index contributed by atoms with van der Waals surface area (Å²) in [7, 11) is 0. The molecule has 2 N–H and O–H groups in total. The van der Waals surface area contributed by atoms with E-state index in [-0.39, 0.29) is 12.2 Å². The number of alkyl halides is 3. The van der Waals surface area contributed by atoms with E-state index >= 15 is 0 Å². The average molecular weight is 398 g/mol. The van der Waals surface area contributed by atoms with Gasteiger partial charge in [0.25, 0.3) is 0 Å². The number of aliphatic hydroxyl groups is 1. The lowest BCUT2D eigenvalue weighted by Gasteiger charge is -2.21. The first-order chi connectivity index (χ1) is 13.1. The van der Waals surface area contributed by atoms with Gasteiger partial charge in [0.2, 0.25) is 0 Å². The van der Waals surface area contributed by atoms with Gasteiger partial charge in [-0.1, -0.05) is 18.2 Å². The van der Waals surface area contributed by atoms with Gasteiger partial charge in [0, 0.05) is 18.8 Å². The van der Waals surface area contributed by atoms with Crippen LogP contribution in [0.5, 0.6) is 0 Å². The molecular formula is C19H18F4N2O3. The number of benzene rings is 2. The summed E-state index contributed by atoms with van der Waals surface area (Å²) in [4.78, 5) is 25.5. The Bertz CT molecular complexity index is 838. The Balaban J connectivity index is 2.07. The third-order valence-corrected chi connectivity index (χ3v) is 3.98. The second-order valence-corrected chi connectivity index (χ2v) is 5.84. The minimum atomic E-state index is -4.67. The lowest BCUT2D eigenvalue weighted by atomic mass is 10.0. The molecule has 28 heavy (non-hydrogen) atoms. The Morgan fingerprint density at radius 1 is 1.11 bits per heavy atom. The molecule has 1 atom stereocenters. The van der Waals surface area contributed by atoms with Crippen molar-refractivity contribution in [1.29, 1.82) is 0 Å². The minimum absolute atomic E-state index is 0.108. The number of hydrogen-bond donors (Lipinski definition) is 2. The molecule has 0 heterocycles. The molecule has 0 aliphatic carbocycles. The van der Waals surface area contributed by atoms with Crippen LogP contribution in [0.2, 0.25) is 0 Å². The second kappa shape index (κ2) is 8.83. The van der Waals surface area contributed by atoms with E-state index in [9.17, 15) is 32.3 Å². The first-order valence-corrected chi connectivity index (χ1v) is 8.34. The molecule has 0 saturated heterocycles. The molecule has 5 nitrogen and oxygen atoms in total. The van der Waals surface area contributed by atoms with Crippen LogP contribution in [-0.2, 0) is 15.8 Å². The van der Waals surface area contributed by atoms with Crippen LogP contribution >= 0.6 is 0 Å². The molecule has 0 radical (unpaired) electrons. The van der Waals surface area contributed by atoms with Crippen molar-refractivity contribution in [2.24, 2.45) is 0 Å². The van der Waals surface area contributed by atoms with Gasteiger partial charge < -0.3 is 15.3 Å². The number of carbonyl (C=O) groups is 2. The summed E-state index contributed by atoms with van der Waals surface area (Å²) in [6, 6.07) is 9.31. The molecule has 9 heteroatoms. The second-order valence-electron chi connectivity index (χ2n) is 5.84. The lowest BCUT2D eigenvalue weighted by molar-refractivity contribution is -0.139. The number of anilines is 1. The Morgan fingerprint density at radius 2 is 1.71 bits per heavy atom. The zero-order valence-electron chi connectivity index (χ0n) is 14.8. The SMILES string of the molecule is CCN(C(=O)C(=O)NCC(O)c1ccccc1C(F)(F)F)c1ccc(F)cc1. The van der Waals surface area contributed by atoms with Gasteiger partial charge in [0.15, 0.2) is 0 Å². The molecule has 0 spiro atoms. The van der Waals surface area contributed by atoms with Crippen molar-refractivity contribution in [2.75, 3.05) is 18.0 Å². The molecule has 2 rings (SSSR count). The Labute approximate surface area is 158 Å². The number of nitrogens with one attached hydrogen (secondary N) is 1. The van der Waals surface area contributed by atoms with Gasteiger partial charge in [0.05, 0.1) is 11.7 Å². The molecule has 2 aromatic carbocycles. The van der Waals surface area contributed by atoms with Gasteiger partial charge in [-0.25, -0.2) is 4.39 Å². The molecule has 2 amide bonds. The van der Waals surface area contributed by atoms with E-state index in [4.69, 9.17) is 0 Å². The number of hydrogen-bond acceptors (Lipinski definition) is 3. The summed E-state index contributed by atoms with van der Waals surface area (Å²) in [5.74, 6) is -2.59. The van der Waals surface area contributed by atoms with Crippen LogP contribution in [0.25, 0.3) is 0 Å². The zero-order chi connectivity index (χ0) is 20.9. The van der Waals surface area contributed by atoms with E-state index in [0.717, 1.165) is 29.2 Å². The fourth-order valence-electron chi connectivity index (χ4n) is 2.61. The quantitative estimate of drug-likeness (QED) is 0.601. The molecule has 0 aliphatic heterocycles. The number of aliphatic hydroxyl groups excluding tert-OH is 1. The van der Waals surface area contributed by atoms with Crippen LogP contribution in [0.3, 0.4) is 0 Å². The molecule has 150 valence electrons. The number of rotatable bonds is 5. The molecule has 0 aliphatic rings. The number of halogens is 4. The zero-order valence-corrected chi connectivity index (χ0v) is 14.8. The maximum absolute atomic E-state index is 13.0. The molecule has 1 unspecified atom stereocenters. The smallest absolute Gasteiger partial charge is 0.387 e. The van der Waals surface area contributed by atoms with Gasteiger partial charge in [0.1, 0.15) is 5.82 Å². The number of likely N-dealkylation sites (N-methyl/N-ethyl adjacent to an activating group) is 1. The van der Waals surface area contributed by atoms with E-state index in [1.807, 2.05) is 0 Å². The van der Waals surface area contributed by atoms with Gasteiger partial charge >= 0.3 is 18.0 Å². The van der Waals surface area contributed by atoms with Crippen molar-refractivity contribution in [1.82, 2.24) is 5.32 Å². The van der Waals surface area contributed by atoms with E-state index in [0.29, 0.717) is 0 Å². The fraction of sp³-hybridized carbons (Fsp3) is 0.263. The van der Waals surface area contributed by atoms with Gasteiger partial charge in [-0.2, -0.15) is 13.2 Å². The first-order valence-electron chi connectivity index (χ1n) is 8.34. The maximum Gasteiger partial charge on any atom is 0.416 e. The third kappa shape index (κ3) is 5.07. The predicted molar refractivity (Wildman–Crippen MR) is 93.8 cm³/mol. The molecule has 2 aromatic rings. The summed E-state index contributed by atoms with van der Waals surface area (Å²) in [6.45, 7) is 1.12. The topological polar surface area (TPSA) is 69.6 Å². The highest BCUT2D eigenvalue weighted by Crippen LogP contribution is 2.34. The summed E-state index contributed by atoms with van der Waals surface area (Å²) in [5, 5.41) is 12.2. The van der Waals surface area contributed by atoms with E-state index in [1.54, 1.807) is 6.92 Å². The Kier molecular flexibility index (Phi) is 6.74. The molecule has 0 aromatic heterocycles. The molecule has 0 fully saturated rings. The van der Waals surface area contributed by atoms with Crippen LogP contribution in [0.4, 0.5) is 23.2 Å². The number of nitrogens with zero attached hydrogens (tertiary/aromatic N) is 1. The highest BCUT2D eigenvalue weighted by Gasteiger charge is 2.34. The van der Waals surface area contributed by atoms with E-state index in [1.165, 1.54) is 24.3 Å². The molecule has 0 bridgehead atoms. The monoisotopic (exact) mass is 398 g/mol. The van der Waals surface area contributed by atoms with E-state index in [2.05, 4.69) is 5.32 Å². The van der Waals surface area contributed by atoms with Gasteiger partial charge in [-0.15, -0.1) is 0 Å². The number of amides is 2. The summed E-state index contributed by atoms with van der Waals surface area (Å²) >= 11 is 0. The largest absolute Gasteiger partial charge is 0.416 e. The standard InChI is InChI=1S/C19H18F4N2O3/c1-2-25(13-9-7-12(20)8-10-13)18(28)17(27)24-11-16(26)14-5-3-4-6-15(14)19(21,22)23/h3-10,16,26H,2,11H2,1H3,(H,24,27). The lowest BCUT2D eigenvalue weighted by Crippen LogP contribution is -2.44. The summed E-state index contributed by atoms with van der Waals surface area (Å²) < 4.78 is 52.1. The Morgan fingerprint density at radius 3 is 2.29 bits per heavy atom. The van der Waals surface area contributed by atoms with Crippen LogP contribution in [0, 0.1) is 5.82 Å². The van der Waals surface area contributed by atoms with Crippen molar-refractivity contribution < 1.29 is 32.3 Å². The van der Waals surface area contributed by atoms with Crippen molar-refractivity contribution in [3.8, 4) is 0 Å². The van der Waals surface area contributed by atoms with E-state index < -0.39 is 47.6 Å². The van der Waals surface area contributed by atoms with Gasteiger partial charge in [-0.05, 0) is 42.8 Å². The first kappa shape index (κ1) is 21.4. The average Bonchev–Trinajstić information content (AvgIpc) is 2.67. The van der Waals surface area contributed by atoms with Crippen LogP contribution < -0.4 is 10.2 Å². The highest BCUT2D eigenvalue weighted by atomic mass is 19.4. The Hall–Kier alpha value is -2.94. The fourth-order valence-corrected chi connectivity index (χ4v) is 2.61.